The average molecular weight is 262 g/mol. The van der Waals surface area contributed by atoms with E-state index in [1.54, 1.807) is 12.3 Å². The highest BCUT2D eigenvalue weighted by Crippen LogP contribution is 2.24. The third-order valence-corrected chi connectivity index (χ3v) is 3.10. The molecule has 0 amide bonds. The van der Waals surface area contributed by atoms with Crippen molar-refractivity contribution in [2.75, 3.05) is 0 Å². The van der Waals surface area contributed by atoms with Gasteiger partial charge in [0.2, 0.25) is 0 Å². The number of aliphatic imine (C=N–C) groups is 1. The van der Waals surface area contributed by atoms with E-state index in [1.165, 1.54) is 0 Å². The molecule has 0 saturated carbocycles. The third kappa shape index (κ3) is 2.01. The standard InChI is InChI=1S/C16H14N4/c1-3-12-11-13(9-10-14(12)17-4-2)20-16-8-6-5-7-15(16)18-19-20/h3-11H,1H2,2H3/b17-4-. The molecule has 0 saturated heterocycles. The highest BCUT2D eigenvalue weighted by molar-refractivity contribution is 5.77. The molecule has 0 aliphatic rings. The van der Waals surface area contributed by atoms with Crippen LogP contribution in [0, 0.1) is 0 Å². The lowest BCUT2D eigenvalue weighted by Crippen LogP contribution is -1.96. The Kier molecular flexibility index (Phi) is 3.13. The molecule has 0 atom stereocenters. The number of para-hydroxylation sites is 1. The summed E-state index contributed by atoms with van der Waals surface area (Å²) in [5.74, 6) is 0. The monoisotopic (exact) mass is 262 g/mol. The molecule has 2 aromatic carbocycles. The molecule has 98 valence electrons. The van der Waals surface area contributed by atoms with Crippen LogP contribution in [0.3, 0.4) is 0 Å². The van der Waals surface area contributed by atoms with E-state index in [0.29, 0.717) is 0 Å². The van der Waals surface area contributed by atoms with Gasteiger partial charge in [0.05, 0.1) is 16.9 Å². The zero-order valence-corrected chi connectivity index (χ0v) is 11.2. The molecular weight excluding hydrogens is 248 g/mol. The van der Waals surface area contributed by atoms with Crippen LogP contribution < -0.4 is 0 Å². The van der Waals surface area contributed by atoms with E-state index in [9.17, 15) is 0 Å². The predicted octanol–water partition coefficient (Wildman–Crippen LogP) is 3.79. The molecule has 20 heavy (non-hydrogen) atoms. The minimum Gasteiger partial charge on any atom is -0.261 e. The van der Waals surface area contributed by atoms with Crippen molar-refractivity contribution in [3.05, 3.63) is 54.6 Å². The minimum absolute atomic E-state index is 0.878. The van der Waals surface area contributed by atoms with Gasteiger partial charge in [-0.25, -0.2) is 4.68 Å². The summed E-state index contributed by atoms with van der Waals surface area (Å²) in [7, 11) is 0. The Morgan fingerprint density at radius 3 is 2.85 bits per heavy atom. The number of hydrogen-bond acceptors (Lipinski definition) is 3. The van der Waals surface area contributed by atoms with Gasteiger partial charge >= 0.3 is 0 Å². The van der Waals surface area contributed by atoms with Gasteiger partial charge in [-0.1, -0.05) is 30.0 Å². The topological polar surface area (TPSA) is 43.1 Å². The molecule has 4 nitrogen and oxygen atoms in total. The van der Waals surface area contributed by atoms with Crippen LogP contribution in [0.25, 0.3) is 22.8 Å². The lowest BCUT2D eigenvalue weighted by molar-refractivity contribution is 0.824. The zero-order chi connectivity index (χ0) is 13.9. The van der Waals surface area contributed by atoms with Gasteiger partial charge in [-0.15, -0.1) is 5.10 Å². The first-order chi connectivity index (χ1) is 9.83. The van der Waals surface area contributed by atoms with Crippen molar-refractivity contribution >= 4 is 29.0 Å². The van der Waals surface area contributed by atoms with Crippen LogP contribution in [0.5, 0.6) is 0 Å². The van der Waals surface area contributed by atoms with Crippen LogP contribution in [-0.2, 0) is 0 Å². The van der Waals surface area contributed by atoms with Crippen molar-refractivity contribution in [2.45, 2.75) is 6.92 Å². The van der Waals surface area contributed by atoms with Crippen molar-refractivity contribution in [1.29, 1.82) is 0 Å². The summed E-state index contributed by atoms with van der Waals surface area (Å²) in [6.45, 7) is 5.73. The van der Waals surface area contributed by atoms with E-state index in [2.05, 4.69) is 21.9 Å². The first-order valence-electron chi connectivity index (χ1n) is 6.39. The number of nitrogens with zero attached hydrogens (tertiary/aromatic N) is 4. The van der Waals surface area contributed by atoms with Gasteiger partial charge in [-0.3, -0.25) is 4.99 Å². The van der Waals surface area contributed by atoms with E-state index < -0.39 is 0 Å². The summed E-state index contributed by atoms with van der Waals surface area (Å²) in [6, 6.07) is 13.8. The fourth-order valence-corrected chi connectivity index (χ4v) is 2.15. The fourth-order valence-electron chi connectivity index (χ4n) is 2.15. The zero-order valence-electron chi connectivity index (χ0n) is 11.2. The molecule has 0 aliphatic carbocycles. The Morgan fingerprint density at radius 2 is 2.05 bits per heavy atom. The van der Waals surface area contributed by atoms with Crippen LogP contribution in [0.1, 0.15) is 12.5 Å². The van der Waals surface area contributed by atoms with Gasteiger partial charge in [0.25, 0.3) is 0 Å². The Labute approximate surface area is 117 Å². The molecule has 1 heterocycles. The Morgan fingerprint density at radius 1 is 1.20 bits per heavy atom. The van der Waals surface area contributed by atoms with Crippen molar-refractivity contribution in [1.82, 2.24) is 15.0 Å². The van der Waals surface area contributed by atoms with Crippen LogP contribution >= 0.6 is 0 Å². The smallest absolute Gasteiger partial charge is 0.113 e. The van der Waals surface area contributed by atoms with Crippen LogP contribution in [-0.4, -0.2) is 21.2 Å². The molecule has 3 aromatic rings. The van der Waals surface area contributed by atoms with Gasteiger partial charge in [-0.05, 0) is 37.3 Å². The van der Waals surface area contributed by atoms with E-state index in [4.69, 9.17) is 0 Å². The lowest BCUT2D eigenvalue weighted by Gasteiger charge is -2.06. The normalized spacial score (nSPS) is 11.2. The second kappa shape index (κ2) is 5.09. The Bertz CT molecular complexity index is 799. The predicted molar refractivity (Wildman–Crippen MR) is 82.8 cm³/mol. The highest BCUT2D eigenvalue weighted by atomic mass is 15.4. The summed E-state index contributed by atoms with van der Waals surface area (Å²) in [4.78, 5) is 4.32. The minimum atomic E-state index is 0.878. The maximum absolute atomic E-state index is 4.32. The molecular formula is C16H14N4. The first kappa shape index (κ1) is 12.3. The summed E-state index contributed by atoms with van der Waals surface area (Å²) in [5, 5.41) is 8.38. The first-order valence-corrected chi connectivity index (χ1v) is 6.39. The number of hydrogen-bond donors (Lipinski definition) is 0. The van der Waals surface area contributed by atoms with Crippen LogP contribution in [0.4, 0.5) is 5.69 Å². The van der Waals surface area contributed by atoms with Crippen molar-refractivity contribution in [3.63, 3.8) is 0 Å². The molecule has 0 radical (unpaired) electrons. The third-order valence-electron chi connectivity index (χ3n) is 3.10. The number of aromatic nitrogens is 3. The lowest BCUT2D eigenvalue weighted by atomic mass is 10.1. The van der Waals surface area contributed by atoms with Crippen molar-refractivity contribution in [2.24, 2.45) is 4.99 Å². The van der Waals surface area contributed by atoms with Gasteiger partial charge in [-0.2, -0.15) is 0 Å². The summed E-state index contributed by atoms with van der Waals surface area (Å²) in [6.07, 6.45) is 3.57. The molecule has 1 aromatic heterocycles. The molecule has 4 heteroatoms. The molecule has 0 fully saturated rings. The van der Waals surface area contributed by atoms with E-state index in [0.717, 1.165) is 28.0 Å². The Balaban J connectivity index is 2.17. The number of benzene rings is 2. The van der Waals surface area contributed by atoms with Gasteiger partial charge in [0, 0.05) is 11.8 Å². The van der Waals surface area contributed by atoms with Gasteiger partial charge in [0.15, 0.2) is 0 Å². The average Bonchev–Trinajstić information content (AvgIpc) is 2.92. The largest absolute Gasteiger partial charge is 0.261 e. The molecule has 3 rings (SSSR count). The second-order valence-corrected chi connectivity index (χ2v) is 4.32. The van der Waals surface area contributed by atoms with E-state index in [-0.39, 0.29) is 0 Å². The quantitative estimate of drug-likeness (QED) is 0.674. The van der Waals surface area contributed by atoms with Gasteiger partial charge in [0.1, 0.15) is 5.52 Å². The molecule has 0 bridgehead atoms. The molecule has 0 unspecified atom stereocenters. The van der Waals surface area contributed by atoms with Crippen LogP contribution in [0.15, 0.2) is 54.0 Å². The number of rotatable bonds is 3. The fraction of sp³-hybridized carbons (Fsp3) is 0.0625. The number of fused-ring (bicyclic) bond motifs is 1. The molecule has 0 N–H and O–H groups in total. The van der Waals surface area contributed by atoms with E-state index in [1.807, 2.05) is 54.1 Å². The van der Waals surface area contributed by atoms with Gasteiger partial charge < -0.3 is 0 Å². The molecule has 0 spiro atoms. The maximum atomic E-state index is 4.32. The van der Waals surface area contributed by atoms with Crippen molar-refractivity contribution < 1.29 is 0 Å². The Hall–Kier alpha value is -2.75. The van der Waals surface area contributed by atoms with Crippen LogP contribution in [0.2, 0.25) is 0 Å². The SMILES string of the molecule is C=Cc1cc(-n2nnc3ccccc32)ccc1/N=C\C. The van der Waals surface area contributed by atoms with E-state index >= 15 is 0 Å². The van der Waals surface area contributed by atoms with Crippen molar-refractivity contribution in [3.8, 4) is 5.69 Å². The summed E-state index contributed by atoms with van der Waals surface area (Å²) in [5.41, 5.74) is 4.68. The maximum Gasteiger partial charge on any atom is 0.113 e. The second-order valence-electron chi connectivity index (χ2n) is 4.32. The summed E-state index contributed by atoms with van der Waals surface area (Å²) < 4.78 is 1.82. The highest BCUT2D eigenvalue weighted by Gasteiger charge is 2.07. The molecule has 0 aliphatic heterocycles. The summed E-state index contributed by atoms with van der Waals surface area (Å²) >= 11 is 0.